The quantitative estimate of drug-likeness (QED) is 0.853. The molecule has 2 N–H and O–H groups in total. The minimum absolute atomic E-state index is 0.0295. The Hall–Kier alpha value is -2.22. The average Bonchev–Trinajstić information content (AvgIpc) is 2.79. The normalized spacial score (nSPS) is 21.8. The molecular weight excluding hydrogens is 298 g/mol. The van der Waals surface area contributed by atoms with Gasteiger partial charge >= 0.3 is 12.6 Å². The second-order valence-electron chi connectivity index (χ2n) is 5.10. The zero-order valence-corrected chi connectivity index (χ0v) is 11.8. The number of hydrogen-bond acceptors (Lipinski definition) is 4. The van der Waals surface area contributed by atoms with Gasteiger partial charge in [0.1, 0.15) is 11.8 Å². The molecule has 1 heterocycles. The number of ether oxygens (including phenoxy) is 1. The standard InChI is InChI=1S/C14H16F2N2O4/c1-18-7-9(6-11(18)13(20)21)17-12(19)8-2-4-10(5-3-8)22-14(15)16/h2-5,9,11,14H,6-7H2,1H3,(H,17,19)(H,20,21)/t9-,11+/m1/s1. The number of alkyl halides is 2. The van der Waals surface area contributed by atoms with Gasteiger partial charge < -0.3 is 15.2 Å². The SMILES string of the molecule is CN1C[C@H](NC(=O)c2ccc(OC(F)F)cc2)C[C@H]1C(=O)O. The molecule has 0 spiro atoms. The summed E-state index contributed by atoms with van der Waals surface area (Å²) in [6.45, 7) is -2.48. The fourth-order valence-corrected chi connectivity index (χ4v) is 2.45. The number of likely N-dealkylation sites (tertiary alicyclic amines) is 1. The second kappa shape index (κ2) is 6.69. The van der Waals surface area contributed by atoms with Crippen molar-refractivity contribution in [2.75, 3.05) is 13.6 Å². The number of carboxylic acid groups (broad SMARTS) is 1. The van der Waals surface area contributed by atoms with Crippen LogP contribution in [0, 0.1) is 0 Å². The first kappa shape index (κ1) is 16.2. The number of carbonyl (C=O) groups excluding carboxylic acids is 1. The number of carboxylic acids is 1. The topological polar surface area (TPSA) is 78.9 Å². The third-order valence-corrected chi connectivity index (χ3v) is 3.51. The van der Waals surface area contributed by atoms with Gasteiger partial charge in [0, 0.05) is 18.2 Å². The van der Waals surface area contributed by atoms with Gasteiger partial charge in [-0.15, -0.1) is 0 Å². The first-order valence-corrected chi connectivity index (χ1v) is 6.65. The van der Waals surface area contributed by atoms with Crippen LogP contribution < -0.4 is 10.1 Å². The fourth-order valence-electron chi connectivity index (χ4n) is 2.45. The van der Waals surface area contributed by atoms with Crippen LogP contribution in [0.2, 0.25) is 0 Å². The fraction of sp³-hybridized carbons (Fsp3) is 0.429. The van der Waals surface area contributed by atoms with Crippen molar-refractivity contribution in [2.24, 2.45) is 0 Å². The Morgan fingerprint density at radius 3 is 2.50 bits per heavy atom. The highest BCUT2D eigenvalue weighted by Crippen LogP contribution is 2.18. The predicted octanol–water partition coefficient (Wildman–Crippen LogP) is 1.18. The summed E-state index contributed by atoms with van der Waals surface area (Å²) >= 11 is 0. The van der Waals surface area contributed by atoms with Gasteiger partial charge in [-0.05, 0) is 37.7 Å². The van der Waals surface area contributed by atoms with E-state index in [0.29, 0.717) is 18.5 Å². The number of likely N-dealkylation sites (N-methyl/N-ethyl adjacent to an activating group) is 1. The zero-order valence-electron chi connectivity index (χ0n) is 11.8. The molecule has 2 rings (SSSR count). The number of benzene rings is 1. The summed E-state index contributed by atoms with van der Waals surface area (Å²) in [6.07, 6.45) is 0.324. The summed E-state index contributed by atoms with van der Waals surface area (Å²) in [6, 6.07) is 4.42. The summed E-state index contributed by atoms with van der Waals surface area (Å²) in [5.41, 5.74) is 0.294. The molecule has 8 heteroatoms. The first-order chi connectivity index (χ1) is 10.4. The van der Waals surface area contributed by atoms with Crippen molar-refractivity contribution < 1.29 is 28.2 Å². The van der Waals surface area contributed by atoms with Crippen LogP contribution in [0.15, 0.2) is 24.3 Å². The van der Waals surface area contributed by atoms with E-state index in [1.54, 1.807) is 11.9 Å². The van der Waals surface area contributed by atoms with Gasteiger partial charge in [0.2, 0.25) is 0 Å². The molecule has 1 fully saturated rings. The zero-order chi connectivity index (χ0) is 16.3. The van der Waals surface area contributed by atoms with Crippen LogP contribution in [0.3, 0.4) is 0 Å². The van der Waals surface area contributed by atoms with Crippen LogP contribution in [0.4, 0.5) is 8.78 Å². The molecule has 22 heavy (non-hydrogen) atoms. The Kier molecular flexibility index (Phi) is 4.92. The molecule has 0 radical (unpaired) electrons. The highest BCUT2D eigenvalue weighted by atomic mass is 19.3. The smallest absolute Gasteiger partial charge is 0.387 e. The van der Waals surface area contributed by atoms with E-state index in [1.807, 2.05) is 0 Å². The molecular formula is C14H16F2N2O4. The lowest BCUT2D eigenvalue weighted by Crippen LogP contribution is -2.36. The van der Waals surface area contributed by atoms with E-state index in [2.05, 4.69) is 10.1 Å². The van der Waals surface area contributed by atoms with E-state index in [0.717, 1.165) is 0 Å². The van der Waals surface area contributed by atoms with Crippen molar-refractivity contribution in [1.82, 2.24) is 10.2 Å². The number of carbonyl (C=O) groups is 2. The number of nitrogens with zero attached hydrogens (tertiary/aromatic N) is 1. The Labute approximate surface area is 125 Å². The van der Waals surface area contributed by atoms with Crippen molar-refractivity contribution in [2.45, 2.75) is 25.1 Å². The lowest BCUT2D eigenvalue weighted by molar-refractivity contribution is -0.141. The van der Waals surface area contributed by atoms with Gasteiger partial charge in [0.25, 0.3) is 5.91 Å². The molecule has 0 bridgehead atoms. The van der Waals surface area contributed by atoms with Crippen LogP contribution in [0.1, 0.15) is 16.8 Å². The van der Waals surface area contributed by atoms with Gasteiger partial charge in [-0.2, -0.15) is 8.78 Å². The molecule has 2 atom stereocenters. The monoisotopic (exact) mass is 314 g/mol. The lowest BCUT2D eigenvalue weighted by atomic mass is 10.1. The molecule has 0 unspecified atom stereocenters. The Morgan fingerprint density at radius 2 is 2.00 bits per heavy atom. The third kappa shape index (κ3) is 3.91. The van der Waals surface area contributed by atoms with Crippen LogP contribution >= 0.6 is 0 Å². The van der Waals surface area contributed by atoms with E-state index >= 15 is 0 Å². The van der Waals surface area contributed by atoms with E-state index < -0.39 is 18.6 Å². The molecule has 0 saturated carbocycles. The van der Waals surface area contributed by atoms with Crippen LogP contribution in [-0.4, -0.2) is 54.2 Å². The summed E-state index contributed by atoms with van der Waals surface area (Å²) in [5, 5.41) is 11.8. The van der Waals surface area contributed by atoms with Crippen molar-refractivity contribution >= 4 is 11.9 Å². The van der Waals surface area contributed by atoms with Crippen LogP contribution in [0.5, 0.6) is 5.75 Å². The molecule has 0 aliphatic carbocycles. The molecule has 1 amide bonds. The number of hydrogen-bond donors (Lipinski definition) is 2. The number of rotatable bonds is 5. The predicted molar refractivity (Wildman–Crippen MR) is 73.0 cm³/mol. The molecule has 6 nitrogen and oxygen atoms in total. The number of amides is 1. The molecule has 1 aliphatic rings. The Bertz CT molecular complexity index is 550. The molecule has 1 aromatic rings. The minimum atomic E-state index is -2.92. The molecule has 1 saturated heterocycles. The molecule has 0 aromatic heterocycles. The number of aliphatic carboxylic acids is 1. The maximum absolute atomic E-state index is 12.1. The van der Waals surface area contributed by atoms with E-state index in [1.165, 1.54) is 24.3 Å². The third-order valence-electron chi connectivity index (χ3n) is 3.51. The highest BCUT2D eigenvalue weighted by molar-refractivity contribution is 5.94. The summed E-state index contributed by atoms with van der Waals surface area (Å²) in [5.74, 6) is -1.33. The maximum atomic E-state index is 12.1. The number of halogens is 2. The van der Waals surface area contributed by atoms with Gasteiger partial charge in [-0.25, -0.2) is 0 Å². The van der Waals surface area contributed by atoms with E-state index in [-0.39, 0.29) is 17.7 Å². The Balaban J connectivity index is 1.94. The molecule has 1 aromatic carbocycles. The van der Waals surface area contributed by atoms with Gasteiger partial charge in [-0.3, -0.25) is 14.5 Å². The summed E-state index contributed by atoms with van der Waals surface area (Å²) in [7, 11) is 1.68. The van der Waals surface area contributed by atoms with Crippen molar-refractivity contribution in [1.29, 1.82) is 0 Å². The van der Waals surface area contributed by atoms with Crippen LogP contribution in [0.25, 0.3) is 0 Å². The lowest BCUT2D eigenvalue weighted by Gasteiger charge is -2.13. The largest absolute Gasteiger partial charge is 0.480 e. The van der Waals surface area contributed by atoms with Gasteiger partial charge in [0.15, 0.2) is 0 Å². The van der Waals surface area contributed by atoms with Gasteiger partial charge in [0.05, 0.1) is 0 Å². The van der Waals surface area contributed by atoms with Gasteiger partial charge in [-0.1, -0.05) is 0 Å². The minimum Gasteiger partial charge on any atom is -0.480 e. The van der Waals surface area contributed by atoms with E-state index in [9.17, 15) is 18.4 Å². The second-order valence-corrected chi connectivity index (χ2v) is 5.10. The molecule has 1 aliphatic heterocycles. The maximum Gasteiger partial charge on any atom is 0.387 e. The average molecular weight is 314 g/mol. The van der Waals surface area contributed by atoms with Crippen LogP contribution in [-0.2, 0) is 4.79 Å². The highest BCUT2D eigenvalue weighted by Gasteiger charge is 2.35. The van der Waals surface area contributed by atoms with E-state index in [4.69, 9.17) is 5.11 Å². The summed E-state index contributed by atoms with van der Waals surface area (Å²) in [4.78, 5) is 24.7. The summed E-state index contributed by atoms with van der Waals surface area (Å²) < 4.78 is 28.3. The Morgan fingerprint density at radius 1 is 1.36 bits per heavy atom. The van der Waals surface area contributed by atoms with Crippen molar-refractivity contribution in [3.05, 3.63) is 29.8 Å². The first-order valence-electron chi connectivity index (χ1n) is 6.65. The van der Waals surface area contributed by atoms with Crippen molar-refractivity contribution in [3.8, 4) is 5.75 Å². The van der Waals surface area contributed by atoms with Crippen molar-refractivity contribution in [3.63, 3.8) is 0 Å². The molecule has 120 valence electrons. The number of nitrogens with one attached hydrogen (secondary N) is 1.